The third-order valence-electron chi connectivity index (χ3n) is 4.56. The molecule has 0 aliphatic carbocycles. The molecule has 6 nitrogen and oxygen atoms in total. The molecule has 1 aliphatic heterocycles. The molecule has 1 fully saturated rings. The van der Waals surface area contributed by atoms with Gasteiger partial charge in [0.05, 0.1) is 6.54 Å². The summed E-state index contributed by atoms with van der Waals surface area (Å²) >= 11 is 0. The molecule has 24 heavy (non-hydrogen) atoms. The molecule has 130 valence electrons. The molecule has 2 aromatic rings. The second-order valence-electron chi connectivity index (χ2n) is 6.54. The summed E-state index contributed by atoms with van der Waals surface area (Å²) < 4.78 is 5.39. The normalized spacial score (nSPS) is 17.9. The van der Waals surface area contributed by atoms with Crippen LogP contribution in [0.1, 0.15) is 24.2 Å². The molecule has 1 aliphatic rings. The first-order chi connectivity index (χ1) is 11.7. The topological polar surface area (TPSA) is 57.4 Å². The molecule has 0 radical (unpaired) electrons. The summed E-state index contributed by atoms with van der Waals surface area (Å²) in [6.07, 6.45) is 0.796. The van der Waals surface area contributed by atoms with Gasteiger partial charge < -0.3 is 9.84 Å². The van der Waals surface area contributed by atoms with Gasteiger partial charge in [0.2, 0.25) is 5.89 Å². The maximum Gasteiger partial charge on any atom is 0.240 e. The van der Waals surface area contributed by atoms with Gasteiger partial charge in [0.15, 0.2) is 5.82 Å². The van der Waals surface area contributed by atoms with E-state index in [0.29, 0.717) is 6.04 Å². The minimum Gasteiger partial charge on any atom is -0.338 e. The number of hydrogen-bond donors (Lipinski definition) is 1. The Morgan fingerprint density at radius 3 is 2.42 bits per heavy atom. The molecule has 0 bridgehead atoms. The Morgan fingerprint density at radius 2 is 1.75 bits per heavy atom. The third kappa shape index (κ3) is 4.87. The van der Waals surface area contributed by atoms with Gasteiger partial charge in [-0.05, 0) is 19.5 Å². The minimum absolute atomic E-state index is 0.358. The van der Waals surface area contributed by atoms with E-state index in [1.54, 1.807) is 0 Å². The van der Waals surface area contributed by atoms with Crippen LogP contribution in [0.2, 0.25) is 0 Å². The lowest BCUT2D eigenvalue weighted by molar-refractivity contribution is 0.112. The zero-order chi connectivity index (χ0) is 16.8. The van der Waals surface area contributed by atoms with Crippen molar-refractivity contribution < 1.29 is 4.52 Å². The Labute approximate surface area is 143 Å². The van der Waals surface area contributed by atoms with Crippen LogP contribution in [-0.4, -0.2) is 59.2 Å². The van der Waals surface area contributed by atoms with E-state index in [1.807, 2.05) is 7.05 Å². The molecular weight excluding hydrogens is 302 g/mol. The van der Waals surface area contributed by atoms with Crippen molar-refractivity contribution in [3.05, 3.63) is 47.6 Å². The first-order valence-electron chi connectivity index (χ1n) is 8.70. The van der Waals surface area contributed by atoms with E-state index in [4.69, 9.17) is 4.52 Å². The molecule has 2 heterocycles. The molecule has 6 heteroatoms. The maximum atomic E-state index is 5.39. The summed E-state index contributed by atoms with van der Waals surface area (Å²) in [5, 5.41) is 7.27. The Hall–Kier alpha value is -1.76. The first-order valence-corrected chi connectivity index (χ1v) is 8.70. The van der Waals surface area contributed by atoms with Crippen molar-refractivity contribution >= 4 is 0 Å². The van der Waals surface area contributed by atoms with E-state index < -0.39 is 0 Å². The lowest BCUT2D eigenvalue weighted by Crippen LogP contribution is -2.45. The van der Waals surface area contributed by atoms with E-state index in [2.05, 4.69) is 62.5 Å². The van der Waals surface area contributed by atoms with Crippen molar-refractivity contribution in [2.45, 2.75) is 32.5 Å². The monoisotopic (exact) mass is 329 g/mol. The van der Waals surface area contributed by atoms with Gasteiger partial charge in [-0.3, -0.25) is 9.80 Å². The second-order valence-corrected chi connectivity index (χ2v) is 6.54. The molecule has 0 spiro atoms. The lowest BCUT2D eigenvalue weighted by atomic mass is 10.2. The van der Waals surface area contributed by atoms with Crippen LogP contribution >= 0.6 is 0 Å². The van der Waals surface area contributed by atoms with Crippen LogP contribution in [0.25, 0.3) is 0 Å². The summed E-state index contributed by atoms with van der Waals surface area (Å²) in [4.78, 5) is 9.39. The SMILES string of the molecule is CNC(C)Cc1noc(CN2CCN(Cc3ccccc3)CC2)n1. The molecule has 1 atom stereocenters. The standard InChI is InChI=1S/C18H27N5O/c1-15(19-2)12-17-20-18(24-21-17)14-23-10-8-22(9-11-23)13-16-6-4-3-5-7-16/h3-7,15,19H,8-14H2,1-2H3. The van der Waals surface area contributed by atoms with Gasteiger partial charge in [0.1, 0.15) is 0 Å². The molecule has 1 aromatic carbocycles. The second kappa shape index (κ2) is 8.37. The number of likely N-dealkylation sites (N-methyl/N-ethyl adjacent to an activating group) is 1. The highest BCUT2D eigenvalue weighted by atomic mass is 16.5. The van der Waals surface area contributed by atoms with Crippen LogP contribution in [0.15, 0.2) is 34.9 Å². The molecule has 1 saturated heterocycles. The summed E-state index contributed by atoms with van der Waals surface area (Å²) in [6, 6.07) is 11.0. The van der Waals surface area contributed by atoms with E-state index in [-0.39, 0.29) is 0 Å². The fraction of sp³-hybridized carbons (Fsp3) is 0.556. The predicted molar refractivity (Wildman–Crippen MR) is 93.5 cm³/mol. The quantitative estimate of drug-likeness (QED) is 0.831. The summed E-state index contributed by atoms with van der Waals surface area (Å²) in [6.45, 7) is 8.12. The van der Waals surface area contributed by atoms with Crippen LogP contribution in [0, 0.1) is 0 Å². The van der Waals surface area contributed by atoms with Crippen molar-refractivity contribution in [2.75, 3.05) is 33.2 Å². The Balaban J connectivity index is 1.44. The Kier molecular flexibility index (Phi) is 5.96. The molecule has 0 amide bonds. The van der Waals surface area contributed by atoms with Gasteiger partial charge in [-0.1, -0.05) is 35.5 Å². The minimum atomic E-state index is 0.358. The first kappa shape index (κ1) is 17.1. The smallest absolute Gasteiger partial charge is 0.240 e. The van der Waals surface area contributed by atoms with Gasteiger partial charge in [-0.15, -0.1) is 0 Å². The van der Waals surface area contributed by atoms with Crippen LogP contribution < -0.4 is 5.32 Å². The summed E-state index contributed by atoms with van der Waals surface area (Å²) in [5.41, 5.74) is 1.38. The highest BCUT2D eigenvalue weighted by molar-refractivity contribution is 5.14. The summed E-state index contributed by atoms with van der Waals surface area (Å²) in [5.74, 6) is 1.51. The van der Waals surface area contributed by atoms with Crippen molar-refractivity contribution in [3.8, 4) is 0 Å². The lowest BCUT2D eigenvalue weighted by Gasteiger charge is -2.33. The van der Waals surface area contributed by atoms with Crippen molar-refractivity contribution in [1.82, 2.24) is 25.3 Å². The number of aromatic nitrogens is 2. The number of piperazine rings is 1. The van der Waals surface area contributed by atoms with Crippen molar-refractivity contribution in [2.24, 2.45) is 0 Å². The highest BCUT2D eigenvalue weighted by Crippen LogP contribution is 2.11. The largest absolute Gasteiger partial charge is 0.338 e. The third-order valence-corrected chi connectivity index (χ3v) is 4.56. The average molecular weight is 329 g/mol. The van der Waals surface area contributed by atoms with Crippen molar-refractivity contribution in [3.63, 3.8) is 0 Å². The molecule has 1 aromatic heterocycles. The molecule has 1 unspecified atom stereocenters. The average Bonchev–Trinajstić information content (AvgIpc) is 3.04. The fourth-order valence-corrected chi connectivity index (χ4v) is 2.95. The number of hydrogen-bond acceptors (Lipinski definition) is 6. The van der Waals surface area contributed by atoms with Crippen LogP contribution in [0.3, 0.4) is 0 Å². The van der Waals surface area contributed by atoms with Gasteiger partial charge in [-0.25, -0.2) is 0 Å². The van der Waals surface area contributed by atoms with Crippen LogP contribution in [-0.2, 0) is 19.5 Å². The zero-order valence-electron chi connectivity index (χ0n) is 14.6. The van der Waals surface area contributed by atoms with Gasteiger partial charge in [-0.2, -0.15) is 4.98 Å². The number of benzene rings is 1. The number of nitrogens with zero attached hydrogens (tertiary/aromatic N) is 4. The van der Waals surface area contributed by atoms with Crippen molar-refractivity contribution in [1.29, 1.82) is 0 Å². The molecule has 1 N–H and O–H groups in total. The van der Waals surface area contributed by atoms with Gasteiger partial charge in [0.25, 0.3) is 0 Å². The van der Waals surface area contributed by atoms with E-state index >= 15 is 0 Å². The Bertz CT molecular complexity index is 607. The van der Waals surface area contributed by atoms with Gasteiger partial charge in [0, 0.05) is 45.2 Å². The molecule has 0 saturated carbocycles. The molecular formula is C18H27N5O. The number of rotatable bonds is 7. The summed E-state index contributed by atoms with van der Waals surface area (Å²) in [7, 11) is 1.95. The highest BCUT2D eigenvalue weighted by Gasteiger charge is 2.19. The zero-order valence-corrected chi connectivity index (χ0v) is 14.6. The number of nitrogens with one attached hydrogen (secondary N) is 1. The Morgan fingerprint density at radius 1 is 1.08 bits per heavy atom. The predicted octanol–water partition coefficient (Wildman–Crippen LogP) is 1.54. The van der Waals surface area contributed by atoms with E-state index in [1.165, 1.54) is 5.56 Å². The molecule has 3 rings (SSSR count). The van der Waals surface area contributed by atoms with Gasteiger partial charge >= 0.3 is 0 Å². The van der Waals surface area contributed by atoms with Crippen LogP contribution in [0.4, 0.5) is 0 Å². The maximum absolute atomic E-state index is 5.39. The fourth-order valence-electron chi connectivity index (χ4n) is 2.95. The van der Waals surface area contributed by atoms with Crippen LogP contribution in [0.5, 0.6) is 0 Å². The van der Waals surface area contributed by atoms with E-state index in [9.17, 15) is 0 Å². The van der Waals surface area contributed by atoms with E-state index in [0.717, 1.165) is 57.4 Å².